The number of hydrogen-bond acceptors (Lipinski definition) is 5. The summed E-state index contributed by atoms with van der Waals surface area (Å²) < 4.78 is 11.3. The fourth-order valence-corrected chi connectivity index (χ4v) is 2.73. The van der Waals surface area contributed by atoms with E-state index in [2.05, 4.69) is 15.5 Å². The summed E-state index contributed by atoms with van der Waals surface area (Å²) >= 11 is 0. The topological polar surface area (TPSA) is 72.3 Å². The van der Waals surface area contributed by atoms with Crippen LogP contribution in [0.25, 0.3) is 0 Å². The lowest BCUT2D eigenvalue weighted by Crippen LogP contribution is -2.32. The number of carbonyl (C=O) groups is 1. The lowest BCUT2D eigenvalue weighted by Gasteiger charge is -2.23. The van der Waals surface area contributed by atoms with Crippen molar-refractivity contribution in [3.63, 3.8) is 0 Å². The van der Waals surface area contributed by atoms with E-state index in [0.717, 1.165) is 37.2 Å². The standard InChI is InChI=1S/C21H25N3O3/c1-16(27-15-20-9-5-6-14-26-20)21(25)22-17-10-12-19(13-11-17)24-23-18-7-3-2-4-8-18/h2-4,7-8,10-13,16,20H,5-6,9,14-15H2,1H3,(H,22,25). The molecule has 0 aliphatic carbocycles. The van der Waals surface area contributed by atoms with Gasteiger partial charge < -0.3 is 14.8 Å². The van der Waals surface area contributed by atoms with Crippen molar-refractivity contribution in [2.75, 3.05) is 18.5 Å². The van der Waals surface area contributed by atoms with Gasteiger partial charge in [0.2, 0.25) is 0 Å². The average molecular weight is 367 g/mol. The number of nitrogens with one attached hydrogen (secondary N) is 1. The normalized spacial score (nSPS) is 18.3. The monoisotopic (exact) mass is 367 g/mol. The molecule has 1 aliphatic heterocycles. The van der Waals surface area contributed by atoms with Gasteiger partial charge >= 0.3 is 0 Å². The second-order valence-corrected chi connectivity index (χ2v) is 6.54. The van der Waals surface area contributed by atoms with E-state index in [1.807, 2.05) is 42.5 Å². The van der Waals surface area contributed by atoms with Crippen molar-refractivity contribution < 1.29 is 14.3 Å². The van der Waals surface area contributed by atoms with E-state index in [-0.39, 0.29) is 12.0 Å². The molecule has 2 aromatic carbocycles. The minimum absolute atomic E-state index is 0.100. The second kappa shape index (κ2) is 9.94. The Bertz CT molecular complexity index is 741. The molecular weight excluding hydrogens is 342 g/mol. The van der Waals surface area contributed by atoms with Crippen LogP contribution in [-0.2, 0) is 14.3 Å². The third-order valence-electron chi connectivity index (χ3n) is 4.35. The summed E-state index contributed by atoms with van der Waals surface area (Å²) in [6, 6.07) is 16.8. The first-order valence-electron chi connectivity index (χ1n) is 9.31. The van der Waals surface area contributed by atoms with Crippen LogP contribution >= 0.6 is 0 Å². The summed E-state index contributed by atoms with van der Waals surface area (Å²) in [4.78, 5) is 12.3. The number of anilines is 1. The van der Waals surface area contributed by atoms with Gasteiger partial charge in [-0.3, -0.25) is 4.79 Å². The average Bonchev–Trinajstić information content (AvgIpc) is 2.73. The highest BCUT2D eigenvalue weighted by Gasteiger charge is 2.19. The van der Waals surface area contributed by atoms with Crippen molar-refractivity contribution in [2.24, 2.45) is 10.2 Å². The van der Waals surface area contributed by atoms with Crippen molar-refractivity contribution in [3.05, 3.63) is 54.6 Å². The summed E-state index contributed by atoms with van der Waals surface area (Å²) in [6.07, 6.45) is 2.82. The zero-order chi connectivity index (χ0) is 18.9. The van der Waals surface area contributed by atoms with E-state index in [9.17, 15) is 4.79 Å². The molecular formula is C21H25N3O3. The molecule has 0 saturated carbocycles. The number of rotatable bonds is 7. The van der Waals surface area contributed by atoms with E-state index < -0.39 is 6.10 Å². The molecule has 0 spiro atoms. The molecule has 2 aromatic rings. The number of nitrogens with zero attached hydrogens (tertiary/aromatic N) is 2. The fraction of sp³-hybridized carbons (Fsp3) is 0.381. The van der Waals surface area contributed by atoms with Crippen LogP contribution in [0, 0.1) is 0 Å². The summed E-state index contributed by atoms with van der Waals surface area (Å²) in [5.74, 6) is -0.176. The molecule has 2 atom stereocenters. The highest BCUT2D eigenvalue weighted by Crippen LogP contribution is 2.20. The Morgan fingerprint density at radius 1 is 1.11 bits per heavy atom. The summed E-state index contributed by atoms with van der Waals surface area (Å²) in [6.45, 7) is 2.98. The van der Waals surface area contributed by atoms with Gasteiger partial charge in [-0.15, -0.1) is 0 Å². The van der Waals surface area contributed by atoms with E-state index >= 15 is 0 Å². The summed E-state index contributed by atoms with van der Waals surface area (Å²) in [7, 11) is 0. The molecule has 2 unspecified atom stereocenters. The highest BCUT2D eigenvalue weighted by molar-refractivity contribution is 5.94. The number of carbonyl (C=O) groups excluding carboxylic acids is 1. The van der Waals surface area contributed by atoms with Crippen LogP contribution in [0.4, 0.5) is 17.1 Å². The molecule has 27 heavy (non-hydrogen) atoms. The molecule has 0 radical (unpaired) electrons. The first-order valence-corrected chi connectivity index (χ1v) is 9.31. The van der Waals surface area contributed by atoms with Crippen molar-refractivity contribution in [3.8, 4) is 0 Å². The lowest BCUT2D eigenvalue weighted by atomic mass is 10.1. The Labute approximate surface area is 159 Å². The summed E-state index contributed by atoms with van der Waals surface area (Å²) in [5.41, 5.74) is 2.21. The second-order valence-electron chi connectivity index (χ2n) is 6.54. The maximum Gasteiger partial charge on any atom is 0.253 e. The van der Waals surface area contributed by atoms with Crippen molar-refractivity contribution in [1.29, 1.82) is 0 Å². The Morgan fingerprint density at radius 3 is 2.48 bits per heavy atom. The maximum absolute atomic E-state index is 12.3. The van der Waals surface area contributed by atoms with Gasteiger partial charge in [0.25, 0.3) is 5.91 Å². The number of amides is 1. The molecule has 142 valence electrons. The number of azo groups is 1. The van der Waals surface area contributed by atoms with Gasteiger partial charge in [-0.25, -0.2) is 0 Å². The summed E-state index contributed by atoms with van der Waals surface area (Å²) in [5, 5.41) is 11.2. The lowest BCUT2D eigenvalue weighted by molar-refractivity contribution is -0.130. The largest absolute Gasteiger partial charge is 0.376 e. The molecule has 6 heteroatoms. The van der Waals surface area contributed by atoms with Crippen LogP contribution in [0.5, 0.6) is 0 Å². The predicted molar refractivity (Wildman–Crippen MR) is 105 cm³/mol. The van der Waals surface area contributed by atoms with Crippen LogP contribution in [0.3, 0.4) is 0 Å². The quantitative estimate of drug-likeness (QED) is 0.699. The third-order valence-corrected chi connectivity index (χ3v) is 4.35. The van der Waals surface area contributed by atoms with E-state index in [1.165, 1.54) is 0 Å². The maximum atomic E-state index is 12.3. The SMILES string of the molecule is CC(OCC1CCCCO1)C(=O)Nc1ccc(N=Nc2ccccc2)cc1. The van der Waals surface area contributed by atoms with Crippen molar-refractivity contribution >= 4 is 23.0 Å². The first-order chi connectivity index (χ1) is 13.2. The molecule has 1 saturated heterocycles. The van der Waals surface area contributed by atoms with Gasteiger partial charge in [-0.2, -0.15) is 10.2 Å². The molecule has 3 rings (SSSR count). The molecule has 1 amide bonds. The smallest absolute Gasteiger partial charge is 0.253 e. The van der Waals surface area contributed by atoms with Gasteiger partial charge in [0.1, 0.15) is 6.10 Å². The Hall–Kier alpha value is -2.57. The third kappa shape index (κ3) is 6.27. The minimum Gasteiger partial charge on any atom is -0.376 e. The first kappa shape index (κ1) is 19.2. The van der Waals surface area contributed by atoms with E-state index in [4.69, 9.17) is 9.47 Å². The van der Waals surface area contributed by atoms with Crippen LogP contribution in [0.15, 0.2) is 64.8 Å². The fourth-order valence-electron chi connectivity index (χ4n) is 2.73. The Morgan fingerprint density at radius 2 is 1.81 bits per heavy atom. The van der Waals surface area contributed by atoms with Gasteiger partial charge in [0.15, 0.2) is 0 Å². The van der Waals surface area contributed by atoms with Crippen molar-refractivity contribution in [1.82, 2.24) is 0 Å². The van der Waals surface area contributed by atoms with Crippen molar-refractivity contribution in [2.45, 2.75) is 38.4 Å². The van der Waals surface area contributed by atoms with Gasteiger partial charge in [0.05, 0.1) is 24.1 Å². The molecule has 1 fully saturated rings. The number of hydrogen-bond donors (Lipinski definition) is 1. The van der Waals surface area contributed by atoms with Crippen LogP contribution in [0.2, 0.25) is 0 Å². The number of ether oxygens (including phenoxy) is 2. The minimum atomic E-state index is -0.534. The van der Waals surface area contributed by atoms with Gasteiger partial charge in [-0.05, 0) is 62.6 Å². The van der Waals surface area contributed by atoms with Crippen LogP contribution in [-0.4, -0.2) is 31.3 Å². The van der Waals surface area contributed by atoms with E-state index in [0.29, 0.717) is 12.3 Å². The Kier molecular flexibility index (Phi) is 7.07. The molecule has 1 heterocycles. The van der Waals surface area contributed by atoms with Crippen LogP contribution in [0.1, 0.15) is 26.2 Å². The predicted octanol–water partition coefficient (Wildman–Crippen LogP) is 5.01. The van der Waals surface area contributed by atoms with Gasteiger partial charge in [0, 0.05) is 12.3 Å². The molecule has 6 nitrogen and oxygen atoms in total. The number of benzene rings is 2. The molecule has 0 aromatic heterocycles. The zero-order valence-corrected chi connectivity index (χ0v) is 15.5. The van der Waals surface area contributed by atoms with Crippen LogP contribution < -0.4 is 5.32 Å². The molecule has 1 aliphatic rings. The highest BCUT2D eigenvalue weighted by atomic mass is 16.5. The van der Waals surface area contributed by atoms with E-state index in [1.54, 1.807) is 19.1 Å². The van der Waals surface area contributed by atoms with Gasteiger partial charge in [-0.1, -0.05) is 18.2 Å². The molecule has 1 N–H and O–H groups in total. The zero-order valence-electron chi connectivity index (χ0n) is 15.5. The Balaban J connectivity index is 1.46. The molecule has 0 bridgehead atoms.